The number of rotatable bonds is 4. The van der Waals surface area contributed by atoms with Crippen molar-refractivity contribution in [3.05, 3.63) is 28.0 Å². The number of alkyl halides is 3. The lowest BCUT2D eigenvalue weighted by Crippen LogP contribution is -2.13. The minimum absolute atomic E-state index is 0.162. The molecule has 0 spiro atoms. The molecule has 2 heterocycles. The summed E-state index contributed by atoms with van der Waals surface area (Å²) in [7, 11) is 1.78. The maximum absolute atomic E-state index is 12.1. The average Bonchev–Trinajstić information content (AvgIpc) is 2.76. The van der Waals surface area contributed by atoms with Crippen LogP contribution in [0.15, 0.2) is 24.4 Å². The second-order valence-electron chi connectivity index (χ2n) is 4.07. The van der Waals surface area contributed by atoms with E-state index in [0.717, 1.165) is 3.57 Å². The number of ether oxygens (including phenoxy) is 1. The number of aryl methyl sites for hydroxylation is 1. The number of pyridine rings is 1. The quantitative estimate of drug-likeness (QED) is 0.743. The average molecular weight is 397 g/mol. The van der Waals surface area contributed by atoms with Crippen molar-refractivity contribution < 1.29 is 17.9 Å². The van der Waals surface area contributed by atoms with Gasteiger partial charge in [0.15, 0.2) is 0 Å². The van der Waals surface area contributed by atoms with Crippen LogP contribution in [0.5, 0.6) is 5.88 Å². The highest BCUT2D eigenvalue weighted by molar-refractivity contribution is 14.1. The molecule has 0 saturated carbocycles. The molecule has 2 aromatic heterocycles. The number of nitrogens with zero attached hydrogens (tertiary/aromatic N) is 3. The summed E-state index contributed by atoms with van der Waals surface area (Å²) in [4.78, 5) is 4.20. The molecule has 2 rings (SSSR count). The molecule has 108 valence electrons. The molecule has 0 saturated heterocycles. The van der Waals surface area contributed by atoms with Crippen molar-refractivity contribution in [3.8, 4) is 17.3 Å². The summed E-state index contributed by atoms with van der Waals surface area (Å²) < 4.78 is 43.7. The zero-order valence-electron chi connectivity index (χ0n) is 10.5. The Labute approximate surface area is 127 Å². The van der Waals surface area contributed by atoms with Crippen molar-refractivity contribution in [1.82, 2.24) is 14.8 Å². The van der Waals surface area contributed by atoms with Crippen LogP contribution in [-0.4, -0.2) is 27.5 Å². The predicted molar refractivity (Wildman–Crippen MR) is 75.3 cm³/mol. The van der Waals surface area contributed by atoms with Crippen molar-refractivity contribution in [3.63, 3.8) is 0 Å². The molecule has 20 heavy (non-hydrogen) atoms. The smallest absolute Gasteiger partial charge is 0.392 e. The molecule has 4 nitrogen and oxygen atoms in total. The van der Waals surface area contributed by atoms with Crippen LogP contribution >= 0.6 is 22.6 Å². The highest BCUT2D eigenvalue weighted by atomic mass is 127. The number of aromatic nitrogens is 3. The first-order valence-electron chi connectivity index (χ1n) is 5.71. The van der Waals surface area contributed by atoms with Crippen LogP contribution in [-0.2, 0) is 7.05 Å². The molecule has 0 radical (unpaired) electrons. The molecule has 2 aromatic rings. The van der Waals surface area contributed by atoms with Gasteiger partial charge in [-0.3, -0.25) is 4.68 Å². The Bertz CT molecular complexity index is 598. The lowest BCUT2D eigenvalue weighted by molar-refractivity contribution is -0.139. The highest BCUT2D eigenvalue weighted by Crippen LogP contribution is 2.25. The minimum Gasteiger partial charge on any atom is -0.477 e. The Morgan fingerprint density at radius 2 is 2.05 bits per heavy atom. The van der Waals surface area contributed by atoms with Crippen molar-refractivity contribution in [2.24, 2.45) is 7.05 Å². The van der Waals surface area contributed by atoms with Gasteiger partial charge in [0, 0.05) is 22.9 Å². The number of hydrogen-bond acceptors (Lipinski definition) is 3. The summed E-state index contributed by atoms with van der Waals surface area (Å²) in [5.74, 6) is 0.162. The summed E-state index contributed by atoms with van der Waals surface area (Å²) in [5.41, 5.74) is 1.24. The molecule has 0 aliphatic heterocycles. The predicted octanol–water partition coefficient (Wildman–Crippen LogP) is 3.42. The first-order chi connectivity index (χ1) is 9.35. The van der Waals surface area contributed by atoms with E-state index in [1.807, 2.05) is 0 Å². The molecular formula is C12H11F3IN3O. The van der Waals surface area contributed by atoms with Crippen LogP contribution < -0.4 is 4.74 Å². The van der Waals surface area contributed by atoms with Gasteiger partial charge in [-0.1, -0.05) is 0 Å². The lowest BCUT2D eigenvalue weighted by Gasteiger charge is -2.09. The zero-order chi connectivity index (χ0) is 14.8. The van der Waals surface area contributed by atoms with Gasteiger partial charge >= 0.3 is 6.18 Å². The minimum atomic E-state index is -4.23. The van der Waals surface area contributed by atoms with Gasteiger partial charge in [0.1, 0.15) is 11.4 Å². The molecule has 0 aliphatic rings. The van der Waals surface area contributed by atoms with E-state index >= 15 is 0 Å². The van der Waals surface area contributed by atoms with Gasteiger partial charge in [0.2, 0.25) is 5.88 Å². The second kappa shape index (κ2) is 5.98. The van der Waals surface area contributed by atoms with Gasteiger partial charge in [0.25, 0.3) is 0 Å². The van der Waals surface area contributed by atoms with Gasteiger partial charge in [0.05, 0.1) is 13.0 Å². The maximum atomic E-state index is 12.1. The summed E-state index contributed by atoms with van der Waals surface area (Å²) >= 11 is 2.09. The van der Waals surface area contributed by atoms with Crippen molar-refractivity contribution in [2.45, 2.75) is 12.6 Å². The van der Waals surface area contributed by atoms with E-state index < -0.39 is 19.2 Å². The van der Waals surface area contributed by atoms with Crippen LogP contribution in [0.3, 0.4) is 0 Å². The molecule has 0 unspecified atom stereocenters. The zero-order valence-corrected chi connectivity index (χ0v) is 12.6. The Morgan fingerprint density at radius 1 is 1.30 bits per heavy atom. The van der Waals surface area contributed by atoms with E-state index in [1.165, 1.54) is 0 Å². The van der Waals surface area contributed by atoms with Crippen LogP contribution in [0, 0.1) is 3.57 Å². The van der Waals surface area contributed by atoms with E-state index in [0.29, 0.717) is 11.4 Å². The highest BCUT2D eigenvalue weighted by Gasteiger charge is 2.27. The monoisotopic (exact) mass is 397 g/mol. The van der Waals surface area contributed by atoms with Gasteiger partial charge in [-0.2, -0.15) is 18.3 Å². The van der Waals surface area contributed by atoms with Gasteiger partial charge < -0.3 is 4.74 Å². The van der Waals surface area contributed by atoms with E-state index in [9.17, 15) is 13.2 Å². The third-order valence-corrected chi connectivity index (χ3v) is 3.28. The number of halogens is 4. The van der Waals surface area contributed by atoms with Gasteiger partial charge in [-0.05, 0) is 34.7 Å². The molecule has 0 aromatic carbocycles. The van der Waals surface area contributed by atoms with E-state index in [2.05, 4.69) is 32.7 Å². The van der Waals surface area contributed by atoms with E-state index in [1.54, 1.807) is 36.1 Å². The first-order valence-corrected chi connectivity index (χ1v) is 6.79. The summed E-state index contributed by atoms with van der Waals surface area (Å²) in [5, 5.41) is 4.22. The molecule has 8 heteroatoms. The van der Waals surface area contributed by atoms with Crippen molar-refractivity contribution >= 4 is 22.6 Å². The van der Waals surface area contributed by atoms with Crippen molar-refractivity contribution in [2.75, 3.05) is 6.61 Å². The number of hydrogen-bond donors (Lipinski definition) is 0. The van der Waals surface area contributed by atoms with E-state index in [-0.39, 0.29) is 5.88 Å². The Kier molecular flexibility index (Phi) is 4.51. The van der Waals surface area contributed by atoms with Crippen molar-refractivity contribution in [1.29, 1.82) is 0 Å². The summed E-state index contributed by atoms with van der Waals surface area (Å²) in [6, 6.07) is 5.06. The fourth-order valence-electron chi connectivity index (χ4n) is 1.50. The third kappa shape index (κ3) is 4.09. The lowest BCUT2D eigenvalue weighted by atomic mass is 10.3. The molecule has 0 fully saturated rings. The standard InChI is InChI=1S/C12H11F3IN3O/c1-19-6-4-9(18-19)11-8(16)2-3-10(17-11)20-7-5-12(13,14)15/h2-4,6H,5,7H2,1H3. The third-order valence-electron chi connectivity index (χ3n) is 2.41. The summed E-state index contributed by atoms with van der Waals surface area (Å²) in [6.07, 6.45) is -3.46. The summed E-state index contributed by atoms with van der Waals surface area (Å²) in [6.45, 7) is -0.446. The van der Waals surface area contributed by atoms with E-state index in [4.69, 9.17) is 4.74 Å². The SMILES string of the molecule is Cn1ccc(-c2nc(OCCC(F)(F)F)ccc2I)n1. The fourth-order valence-corrected chi connectivity index (χ4v) is 2.07. The van der Waals surface area contributed by atoms with Gasteiger partial charge in [-0.15, -0.1) is 0 Å². The molecule has 0 atom stereocenters. The molecular weight excluding hydrogens is 386 g/mol. The maximum Gasteiger partial charge on any atom is 0.392 e. The second-order valence-corrected chi connectivity index (χ2v) is 5.23. The first kappa shape index (κ1) is 15.1. The van der Waals surface area contributed by atoms with Crippen LogP contribution in [0.25, 0.3) is 11.4 Å². The normalized spacial score (nSPS) is 11.7. The van der Waals surface area contributed by atoms with Crippen LogP contribution in [0.1, 0.15) is 6.42 Å². The molecule has 0 bridgehead atoms. The van der Waals surface area contributed by atoms with Crippen LogP contribution in [0.4, 0.5) is 13.2 Å². The van der Waals surface area contributed by atoms with Crippen LogP contribution in [0.2, 0.25) is 0 Å². The topological polar surface area (TPSA) is 39.9 Å². The molecule has 0 aliphatic carbocycles. The Morgan fingerprint density at radius 3 is 2.65 bits per heavy atom. The van der Waals surface area contributed by atoms with Gasteiger partial charge in [-0.25, -0.2) is 4.98 Å². The fraction of sp³-hybridized carbons (Fsp3) is 0.333. The molecule has 0 amide bonds. The Hall–Kier alpha value is -1.32. The molecule has 0 N–H and O–H groups in total. The Balaban J connectivity index is 2.13. The largest absolute Gasteiger partial charge is 0.477 e.